The van der Waals surface area contributed by atoms with E-state index in [1.807, 2.05) is 44.2 Å². The van der Waals surface area contributed by atoms with E-state index < -0.39 is 0 Å². The Kier molecular flexibility index (Phi) is 5.52. The second-order valence-corrected chi connectivity index (χ2v) is 5.68. The molecule has 4 heteroatoms. The van der Waals surface area contributed by atoms with Crippen LogP contribution in [-0.2, 0) is 4.79 Å². The quantitative estimate of drug-likeness (QED) is 0.794. The van der Waals surface area contributed by atoms with E-state index in [0.717, 1.165) is 16.9 Å². The lowest BCUT2D eigenvalue weighted by atomic mass is 10.1. The van der Waals surface area contributed by atoms with Crippen LogP contribution in [0.4, 0.5) is 11.4 Å². The number of carbonyl (C=O) groups excluding carboxylic acids is 2. The molecule has 0 unspecified atom stereocenters. The van der Waals surface area contributed by atoms with Gasteiger partial charge in [-0.15, -0.1) is 0 Å². The lowest BCUT2D eigenvalue weighted by Gasteiger charge is -2.10. The van der Waals surface area contributed by atoms with E-state index in [2.05, 4.69) is 10.6 Å². The number of hydrogen-bond acceptors (Lipinski definition) is 3. The molecule has 0 fully saturated rings. The minimum absolute atomic E-state index is 0.0233. The lowest BCUT2D eigenvalue weighted by Crippen LogP contribution is -2.16. The third kappa shape index (κ3) is 4.95. The zero-order chi connectivity index (χ0) is 16.8. The first-order chi connectivity index (χ1) is 11.0. The summed E-state index contributed by atoms with van der Waals surface area (Å²) in [5.41, 5.74) is 4.67. The molecule has 2 N–H and O–H groups in total. The normalized spacial score (nSPS) is 10.2. The Bertz CT molecular complexity index is 706. The number of nitrogens with one attached hydrogen (secondary N) is 2. The summed E-state index contributed by atoms with van der Waals surface area (Å²) in [6.07, 6.45) is 0.377. The average molecular weight is 310 g/mol. The summed E-state index contributed by atoms with van der Waals surface area (Å²) in [4.78, 5) is 23.2. The van der Waals surface area contributed by atoms with Gasteiger partial charge in [0.15, 0.2) is 5.78 Å². The van der Waals surface area contributed by atoms with Crippen molar-refractivity contribution in [3.8, 4) is 0 Å². The molecule has 2 aromatic rings. The van der Waals surface area contributed by atoms with Crippen LogP contribution in [-0.4, -0.2) is 18.2 Å². The summed E-state index contributed by atoms with van der Waals surface area (Å²) in [6, 6.07) is 13.2. The van der Waals surface area contributed by atoms with Crippen molar-refractivity contribution in [3.05, 3.63) is 59.2 Å². The Balaban J connectivity index is 1.81. The average Bonchev–Trinajstić information content (AvgIpc) is 2.50. The predicted octanol–water partition coefficient (Wildman–Crippen LogP) is 3.95. The van der Waals surface area contributed by atoms with Crippen molar-refractivity contribution in [2.45, 2.75) is 27.2 Å². The molecule has 2 rings (SSSR count). The Hall–Kier alpha value is -2.62. The molecule has 0 aliphatic carbocycles. The maximum Gasteiger partial charge on any atom is 0.226 e. The molecule has 0 saturated heterocycles. The van der Waals surface area contributed by atoms with Crippen LogP contribution in [0, 0.1) is 13.8 Å². The van der Waals surface area contributed by atoms with Gasteiger partial charge < -0.3 is 10.6 Å². The molecule has 23 heavy (non-hydrogen) atoms. The van der Waals surface area contributed by atoms with Crippen molar-refractivity contribution >= 4 is 23.1 Å². The number of anilines is 2. The van der Waals surface area contributed by atoms with Crippen LogP contribution in [0.15, 0.2) is 42.5 Å². The minimum atomic E-state index is -0.0233. The summed E-state index contributed by atoms with van der Waals surface area (Å²) in [7, 11) is 0. The summed E-state index contributed by atoms with van der Waals surface area (Å²) in [6.45, 7) is 6.09. The van der Waals surface area contributed by atoms with Gasteiger partial charge in [0.25, 0.3) is 0 Å². The number of hydrogen-bond donors (Lipinski definition) is 2. The number of benzene rings is 2. The zero-order valence-electron chi connectivity index (χ0n) is 13.8. The first-order valence-electron chi connectivity index (χ1n) is 7.67. The highest BCUT2D eigenvalue weighted by Crippen LogP contribution is 2.16. The highest BCUT2D eigenvalue weighted by Gasteiger charge is 2.05. The van der Waals surface area contributed by atoms with Crippen molar-refractivity contribution in [1.29, 1.82) is 0 Å². The number of amides is 1. The van der Waals surface area contributed by atoms with Crippen molar-refractivity contribution in [1.82, 2.24) is 0 Å². The van der Waals surface area contributed by atoms with Gasteiger partial charge in [0.05, 0.1) is 0 Å². The monoisotopic (exact) mass is 310 g/mol. The van der Waals surface area contributed by atoms with E-state index in [-0.39, 0.29) is 11.7 Å². The largest absolute Gasteiger partial charge is 0.385 e. The van der Waals surface area contributed by atoms with Crippen LogP contribution < -0.4 is 10.6 Å². The molecule has 4 nitrogen and oxygen atoms in total. The highest BCUT2D eigenvalue weighted by atomic mass is 16.1. The molecule has 0 aliphatic heterocycles. The van der Waals surface area contributed by atoms with Gasteiger partial charge in [0, 0.05) is 29.9 Å². The molecular formula is C19H22N2O2. The molecule has 0 spiro atoms. The van der Waals surface area contributed by atoms with Crippen LogP contribution in [0.5, 0.6) is 0 Å². The Morgan fingerprint density at radius 3 is 2.30 bits per heavy atom. The molecule has 120 valence electrons. The first kappa shape index (κ1) is 16.7. The van der Waals surface area contributed by atoms with Gasteiger partial charge in [-0.2, -0.15) is 0 Å². The third-order valence-corrected chi connectivity index (χ3v) is 3.63. The molecule has 0 radical (unpaired) electrons. The molecule has 2 aromatic carbocycles. The van der Waals surface area contributed by atoms with E-state index in [1.54, 1.807) is 19.1 Å². The zero-order valence-corrected chi connectivity index (χ0v) is 13.8. The summed E-state index contributed by atoms with van der Waals surface area (Å²) >= 11 is 0. The lowest BCUT2D eigenvalue weighted by molar-refractivity contribution is -0.115. The molecular weight excluding hydrogens is 288 g/mol. The predicted molar refractivity (Wildman–Crippen MR) is 94.1 cm³/mol. The fourth-order valence-corrected chi connectivity index (χ4v) is 2.31. The maximum absolute atomic E-state index is 12.0. The van der Waals surface area contributed by atoms with Crippen LogP contribution in [0.1, 0.15) is 34.8 Å². The van der Waals surface area contributed by atoms with Gasteiger partial charge >= 0.3 is 0 Å². The highest BCUT2D eigenvalue weighted by molar-refractivity contribution is 5.94. The molecule has 0 atom stereocenters. The molecule has 0 bridgehead atoms. The van der Waals surface area contributed by atoms with Gasteiger partial charge in [0.2, 0.25) is 5.91 Å². The standard InChI is InChI=1S/C19H22N2O2/c1-13-4-9-18(14(2)12-13)21-19(23)10-11-20-17-7-5-16(6-8-17)15(3)22/h4-9,12,20H,10-11H2,1-3H3,(H,21,23). The summed E-state index contributed by atoms with van der Waals surface area (Å²) in [5, 5.41) is 6.10. The third-order valence-electron chi connectivity index (χ3n) is 3.63. The molecule has 0 saturated carbocycles. The number of rotatable bonds is 6. The molecule has 0 aliphatic rings. The van der Waals surface area contributed by atoms with E-state index in [0.29, 0.717) is 18.5 Å². The summed E-state index contributed by atoms with van der Waals surface area (Å²) < 4.78 is 0. The first-order valence-corrected chi connectivity index (χ1v) is 7.67. The van der Waals surface area contributed by atoms with Gasteiger partial charge in [-0.25, -0.2) is 0 Å². The van der Waals surface area contributed by atoms with Crippen LogP contribution in [0.25, 0.3) is 0 Å². The Labute approximate surface area is 136 Å². The van der Waals surface area contributed by atoms with Gasteiger partial charge in [-0.1, -0.05) is 17.7 Å². The van der Waals surface area contributed by atoms with E-state index in [4.69, 9.17) is 0 Å². The SMILES string of the molecule is CC(=O)c1ccc(NCCC(=O)Nc2ccc(C)cc2C)cc1. The van der Waals surface area contributed by atoms with Crippen molar-refractivity contribution in [2.24, 2.45) is 0 Å². The topological polar surface area (TPSA) is 58.2 Å². The number of aryl methyl sites for hydroxylation is 2. The Morgan fingerprint density at radius 1 is 1.00 bits per heavy atom. The van der Waals surface area contributed by atoms with Crippen molar-refractivity contribution < 1.29 is 9.59 Å². The number of Topliss-reactive ketones (excluding diaryl/α,β-unsaturated/α-hetero) is 1. The number of ketones is 1. The van der Waals surface area contributed by atoms with Gasteiger partial charge in [-0.3, -0.25) is 9.59 Å². The molecule has 0 heterocycles. The van der Waals surface area contributed by atoms with E-state index in [9.17, 15) is 9.59 Å². The van der Waals surface area contributed by atoms with Crippen LogP contribution >= 0.6 is 0 Å². The Morgan fingerprint density at radius 2 is 1.70 bits per heavy atom. The van der Waals surface area contributed by atoms with Crippen LogP contribution in [0.3, 0.4) is 0 Å². The van der Waals surface area contributed by atoms with Crippen LogP contribution in [0.2, 0.25) is 0 Å². The smallest absolute Gasteiger partial charge is 0.226 e. The number of carbonyl (C=O) groups is 2. The summed E-state index contributed by atoms with van der Waals surface area (Å²) in [5.74, 6) is 0.0224. The van der Waals surface area contributed by atoms with E-state index >= 15 is 0 Å². The molecule has 0 aromatic heterocycles. The molecule has 1 amide bonds. The second kappa shape index (κ2) is 7.58. The van der Waals surface area contributed by atoms with Gasteiger partial charge in [-0.05, 0) is 56.7 Å². The minimum Gasteiger partial charge on any atom is -0.385 e. The second-order valence-electron chi connectivity index (χ2n) is 5.68. The van der Waals surface area contributed by atoms with E-state index in [1.165, 1.54) is 5.56 Å². The fourth-order valence-electron chi connectivity index (χ4n) is 2.31. The maximum atomic E-state index is 12.0. The fraction of sp³-hybridized carbons (Fsp3) is 0.263. The van der Waals surface area contributed by atoms with Crippen molar-refractivity contribution in [2.75, 3.05) is 17.2 Å². The van der Waals surface area contributed by atoms with Crippen molar-refractivity contribution in [3.63, 3.8) is 0 Å². The van der Waals surface area contributed by atoms with Gasteiger partial charge in [0.1, 0.15) is 0 Å².